The van der Waals surface area contributed by atoms with Crippen molar-refractivity contribution in [3.8, 4) is 11.5 Å². The topological polar surface area (TPSA) is 47.9 Å². The SMILES string of the molecule is CCCCCCCOc1ccc(/C=C/C(=O)Oc2ccc(C=Nc3ccc4ccccc4c3)cc2)cc1. The molecule has 37 heavy (non-hydrogen) atoms. The number of carbonyl (C=O) groups is 1. The van der Waals surface area contributed by atoms with Crippen molar-refractivity contribution < 1.29 is 14.3 Å². The maximum Gasteiger partial charge on any atom is 0.336 e. The molecule has 0 saturated carbocycles. The summed E-state index contributed by atoms with van der Waals surface area (Å²) >= 11 is 0. The van der Waals surface area contributed by atoms with Crippen LogP contribution in [0.5, 0.6) is 11.5 Å². The van der Waals surface area contributed by atoms with E-state index in [0.29, 0.717) is 5.75 Å². The van der Waals surface area contributed by atoms with E-state index in [1.165, 1.54) is 37.1 Å². The molecule has 0 spiro atoms. The van der Waals surface area contributed by atoms with Crippen LogP contribution in [0.25, 0.3) is 16.8 Å². The van der Waals surface area contributed by atoms with Crippen LogP contribution in [0.4, 0.5) is 5.69 Å². The van der Waals surface area contributed by atoms with Crippen molar-refractivity contribution in [1.82, 2.24) is 0 Å². The molecule has 0 radical (unpaired) electrons. The van der Waals surface area contributed by atoms with Crippen LogP contribution in [0.1, 0.15) is 50.2 Å². The van der Waals surface area contributed by atoms with E-state index in [0.717, 1.165) is 41.0 Å². The van der Waals surface area contributed by atoms with E-state index < -0.39 is 5.97 Å². The molecular weight excluding hydrogens is 458 g/mol. The average Bonchev–Trinajstić information content (AvgIpc) is 2.94. The summed E-state index contributed by atoms with van der Waals surface area (Å²) in [5.74, 6) is 0.907. The molecule has 0 aliphatic rings. The monoisotopic (exact) mass is 491 g/mol. The van der Waals surface area contributed by atoms with E-state index in [1.54, 1.807) is 24.4 Å². The van der Waals surface area contributed by atoms with Crippen molar-refractivity contribution in [3.05, 3.63) is 108 Å². The number of fused-ring (bicyclic) bond motifs is 1. The largest absolute Gasteiger partial charge is 0.494 e. The molecule has 4 nitrogen and oxygen atoms in total. The number of hydrogen-bond acceptors (Lipinski definition) is 4. The van der Waals surface area contributed by atoms with Gasteiger partial charge in [0.25, 0.3) is 0 Å². The number of carbonyl (C=O) groups excluding carboxylic acids is 1. The maximum absolute atomic E-state index is 12.2. The lowest BCUT2D eigenvalue weighted by atomic mass is 10.1. The van der Waals surface area contributed by atoms with Gasteiger partial charge in [-0.25, -0.2) is 4.79 Å². The Morgan fingerprint density at radius 2 is 1.46 bits per heavy atom. The highest BCUT2D eigenvalue weighted by Crippen LogP contribution is 2.21. The van der Waals surface area contributed by atoms with Gasteiger partial charge in [-0.2, -0.15) is 0 Å². The lowest BCUT2D eigenvalue weighted by Crippen LogP contribution is -2.03. The molecule has 4 aromatic carbocycles. The number of esters is 1. The fourth-order valence-corrected chi connectivity index (χ4v) is 3.91. The van der Waals surface area contributed by atoms with Gasteiger partial charge in [0.2, 0.25) is 0 Å². The Labute approximate surface area is 219 Å². The number of aliphatic imine (C=N–C) groups is 1. The summed E-state index contributed by atoms with van der Waals surface area (Å²) in [7, 11) is 0. The van der Waals surface area contributed by atoms with E-state index in [-0.39, 0.29) is 0 Å². The zero-order valence-electron chi connectivity index (χ0n) is 21.3. The van der Waals surface area contributed by atoms with E-state index in [9.17, 15) is 4.79 Å². The summed E-state index contributed by atoms with van der Waals surface area (Å²) in [6, 6.07) is 29.3. The molecular formula is C33H33NO3. The lowest BCUT2D eigenvalue weighted by Gasteiger charge is -2.06. The summed E-state index contributed by atoms with van der Waals surface area (Å²) in [5.41, 5.74) is 2.72. The van der Waals surface area contributed by atoms with Crippen LogP contribution >= 0.6 is 0 Å². The Hall–Kier alpha value is -4.18. The number of nitrogens with zero attached hydrogens (tertiary/aromatic N) is 1. The van der Waals surface area contributed by atoms with Crippen LogP contribution in [0.3, 0.4) is 0 Å². The molecule has 0 saturated heterocycles. The summed E-state index contributed by atoms with van der Waals surface area (Å²) in [5, 5.41) is 2.35. The van der Waals surface area contributed by atoms with Gasteiger partial charge in [0, 0.05) is 12.3 Å². The first-order valence-electron chi connectivity index (χ1n) is 13.0. The van der Waals surface area contributed by atoms with E-state index in [2.05, 4.69) is 36.2 Å². The van der Waals surface area contributed by atoms with Gasteiger partial charge < -0.3 is 9.47 Å². The predicted molar refractivity (Wildman–Crippen MR) is 153 cm³/mol. The predicted octanol–water partition coefficient (Wildman–Crippen LogP) is 8.56. The van der Waals surface area contributed by atoms with Gasteiger partial charge >= 0.3 is 5.97 Å². The minimum atomic E-state index is -0.426. The normalized spacial score (nSPS) is 11.4. The molecule has 0 amide bonds. The van der Waals surface area contributed by atoms with Crippen LogP contribution in [0.15, 0.2) is 102 Å². The molecule has 0 aliphatic heterocycles. The minimum Gasteiger partial charge on any atom is -0.494 e. The van der Waals surface area contributed by atoms with E-state index in [4.69, 9.17) is 9.47 Å². The molecule has 188 valence electrons. The van der Waals surface area contributed by atoms with E-state index in [1.807, 2.05) is 54.6 Å². The Balaban J connectivity index is 1.23. The summed E-state index contributed by atoms with van der Waals surface area (Å²) < 4.78 is 11.2. The number of unbranched alkanes of at least 4 members (excludes halogenated alkanes) is 4. The summed E-state index contributed by atoms with van der Waals surface area (Å²) in [4.78, 5) is 16.8. The van der Waals surface area contributed by atoms with Crippen LogP contribution in [0.2, 0.25) is 0 Å². The number of hydrogen-bond donors (Lipinski definition) is 0. The second-order valence-corrected chi connectivity index (χ2v) is 8.94. The van der Waals surface area contributed by atoms with Crippen molar-refractivity contribution in [3.63, 3.8) is 0 Å². The van der Waals surface area contributed by atoms with Crippen LogP contribution < -0.4 is 9.47 Å². The first kappa shape index (κ1) is 25.9. The van der Waals surface area contributed by atoms with Crippen LogP contribution in [-0.2, 0) is 4.79 Å². The Kier molecular flexibility index (Phi) is 9.65. The average molecular weight is 492 g/mol. The zero-order valence-corrected chi connectivity index (χ0v) is 21.3. The summed E-state index contributed by atoms with van der Waals surface area (Å²) in [6.07, 6.45) is 11.1. The van der Waals surface area contributed by atoms with Gasteiger partial charge in [-0.15, -0.1) is 0 Å². The van der Waals surface area contributed by atoms with Gasteiger partial charge in [0.15, 0.2) is 0 Å². The molecule has 0 bridgehead atoms. The van der Waals surface area contributed by atoms with Crippen molar-refractivity contribution in [1.29, 1.82) is 0 Å². The fourth-order valence-electron chi connectivity index (χ4n) is 3.91. The molecule has 0 atom stereocenters. The first-order valence-corrected chi connectivity index (χ1v) is 13.0. The third-order valence-electron chi connectivity index (χ3n) is 6.00. The third kappa shape index (κ3) is 8.46. The van der Waals surface area contributed by atoms with E-state index >= 15 is 0 Å². The van der Waals surface area contributed by atoms with Crippen molar-refractivity contribution in [2.75, 3.05) is 6.61 Å². The quantitative estimate of drug-likeness (QED) is 0.0656. The Bertz CT molecular complexity index is 1340. The molecule has 4 rings (SSSR count). The molecule has 0 unspecified atom stereocenters. The van der Waals surface area contributed by atoms with Gasteiger partial charge in [-0.05, 0) is 82.9 Å². The highest BCUT2D eigenvalue weighted by Gasteiger charge is 2.02. The Morgan fingerprint density at radius 3 is 2.24 bits per heavy atom. The number of ether oxygens (including phenoxy) is 2. The maximum atomic E-state index is 12.2. The second kappa shape index (κ2) is 13.8. The van der Waals surface area contributed by atoms with Crippen molar-refractivity contribution >= 4 is 34.7 Å². The Morgan fingerprint density at radius 1 is 0.757 bits per heavy atom. The minimum absolute atomic E-state index is 0.426. The standard InChI is InChI=1S/C33H33NO3/c1-2-3-4-5-8-23-36-31-18-11-26(12-19-31)15-22-33(35)37-32-20-13-27(14-21-32)25-34-30-17-16-28-9-6-7-10-29(28)24-30/h6-7,9-22,24-25H,2-5,8,23H2,1H3/b22-15+,34-25?. The smallest absolute Gasteiger partial charge is 0.336 e. The molecule has 4 aromatic rings. The van der Waals surface area contributed by atoms with Gasteiger partial charge in [-0.3, -0.25) is 4.99 Å². The zero-order chi connectivity index (χ0) is 25.7. The van der Waals surface area contributed by atoms with Crippen molar-refractivity contribution in [2.45, 2.75) is 39.0 Å². The highest BCUT2D eigenvalue weighted by atomic mass is 16.5. The number of rotatable bonds is 12. The second-order valence-electron chi connectivity index (χ2n) is 8.94. The highest BCUT2D eigenvalue weighted by molar-refractivity contribution is 5.89. The molecule has 4 heteroatoms. The van der Waals surface area contributed by atoms with Gasteiger partial charge in [-0.1, -0.05) is 75.1 Å². The molecule has 0 heterocycles. The number of benzene rings is 4. The van der Waals surface area contributed by atoms with Crippen LogP contribution in [0, 0.1) is 0 Å². The van der Waals surface area contributed by atoms with Gasteiger partial charge in [0.1, 0.15) is 11.5 Å². The van der Waals surface area contributed by atoms with Gasteiger partial charge in [0.05, 0.1) is 12.3 Å². The molecule has 0 N–H and O–H groups in total. The molecule has 0 fully saturated rings. The van der Waals surface area contributed by atoms with Crippen LogP contribution in [-0.4, -0.2) is 18.8 Å². The third-order valence-corrected chi connectivity index (χ3v) is 6.00. The lowest BCUT2D eigenvalue weighted by molar-refractivity contribution is -0.128. The fraction of sp³-hybridized carbons (Fsp3) is 0.212. The van der Waals surface area contributed by atoms with Crippen molar-refractivity contribution in [2.24, 2.45) is 4.99 Å². The molecule has 0 aromatic heterocycles. The molecule has 0 aliphatic carbocycles. The summed E-state index contributed by atoms with van der Waals surface area (Å²) in [6.45, 7) is 2.95. The first-order chi connectivity index (χ1) is 18.2.